The second kappa shape index (κ2) is 8.14. The molecule has 0 spiro atoms. The summed E-state index contributed by atoms with van der Waals surface area (Å²) < 4.78 is 0. The van der Waals surface area contributed by atoms with Crippen LogP contribution in [-0.2, 0) is 9.59 Å². The van der Waals surface area contributed by atoms with Gasteiger partial charge in [0.1, 0.15) is 11.6 Å². The summed E-state index contributed by atoms with van der Waals surface area (Å²) in [5.74, 6) is -0.455. The van der Waals surface area contributed by atoms with E-state index in [0.717, 1.165) is 31.2 Å². The Morgan fingerprint density at radius 3 is 2.39 bits per heavy atom. The molecule has 1 aromatic rings. The third-order valence-corrected chi connectivity index (χ3v) is 3.85. The molecule has 120 valence electrons. The third kappa shape index (κ3) is 5.26. The van der Waals surface area contributed by atoms with E-state index in [1.807, 2.05) is 6.07 Å². The summed E-state index contributed by atoms with van der Waals surface area (Å²) in [5.41, 5.74) is 1.53. The first kappa shape index (κ1) is 16.8. The van der Waals surface area contributed by atoms with Gasteiger partial charge in [0.2, 0.25) is 5.91 Å². The molecule has 1 fully saturated rings. The van der Waals surface area contributed by atoms with E-state index < -0.39 is 0 Å². The van der Waals surface area contributed by atoms with E-state index in [1.165, 1.54) is 13.3 Å². The molecule has 0 aliphatic heterocycles. The Kier molecular flexibility index (Phi) is 5.93. The van der Waals surface area contributed by atoms with Crippen LogP contribution in [0.3, 0.4) is 0 Å². The molecule has 23 heavy (non-hydrogen) atoms. The van der Waals surface area contributed by atoms with E-state index in [2.05, 4.69) is 10.6 Å². The molecular formula is C18H21N3O2. The van der Waals surface area contributed by atoms with Crippen molar-refractivity contribution in [3.8, 4) is 6.07 Å². The van der Waals surface area contributed by atoms with Gasteiger partial charge in [0.05, 0.1) is 0 Å². The van der Waals surface area contributed by atoms with Crippen molar-refractivity contribution in [1.29, 1.82) is 5.26 Å². The molecule has 5 nitrogen and oxygen atoms in total. The predicted molar refractivity (Wildman–Crippen MR) is 89.4 cm³/mol. The van der Waals surface area contributed by atoms with Crippen LogP contribution in [0.25, 0.3) is 6.08 Å². The van der Waals surface area contributed by atoms with Crippen molar-refractivity contribution >= 4 is 23.6 Å². The number of nitriles is 1. The number of hydrogen-bond donors (Lipinski definition) is 2. The molecular weight excluding hydrogens is 290 g/mol. The zero-order valence-corrected chi connectivity index (χ0v) is 13.3. The summed E-state index contributed by atoms with van der Waals surface area (Å²) in [6.45, 7) is 1.44. The maximum Gasteiger partial charge on any atom is 0.262 e. The van der Waals surface area contributed by atoms with Gasteiger partial charge >= 0.3 is 0 Å². The maximum absolute atomic E-state index is 12.2. The first-order valence-corrected chi connectivity index (χ1v) is 7.89. The minimum atomic E-state index is -0.315. The van der Waals surface area contributed by atoms with Crippen molar-refractivity contribution in [2.75, 3.05) is 5.32 Å². The van der Waals surface area contributed by atoms with Crippen LogP contribution in [0.2, 0.25) is 0 Å². The van der Waals surface area contributed by atoms with Crippen molar-refractivity contribution in [3.05, 3.63) is 35.4 Å². The van der Waals surface area contributed by atoms with Gasteiger partial charge in [-0.05, 0) is 36.6 Å². The van der Waals surface area contributed by atoms with Gasteiger partial charge in [0.15, 0.2) is 0 Å². The molecule has 1 saturated carbocycles. The Balaban J connectivity index is 2.03. The van der Waals surface area contributed by atoms with Crippen LogP contribution >= 0.6 is 0 Å². The van der Waals surface area contributed by atoms with Crippen molar-refractivity contribution < 1.29 is 9.59 Å². The highest BCUT2D eigenvalue weighted by Crippen LogP contribution is 2.18. The van der Waals surface area contributed by atoms with Crippen LogP contribution in [0.15, 0.2) is 29.8 Å². The minimum Gasteiger partial charge on any atom is -0.349 e. The molecule has 0 bridgehead atoms. The topological polar surface area (TPSA) is 82.0 Å². The fourth-order valence-electron chi connectivity index (χ4n) is 2.69. The average Bonchev–Trinajstić information content (AvgIpc) is 2.54. The second-order valence-electron chi connectivity index (χ2n) is 5.78. The number of carbonyl (C=O) groups excluding carboxylic acids is 2. The third-order valence-electron chi connectivity index (χ3n) is 3.85. The Morgan fingerprint density at radius 2 is 1.83 bits per heavy atom. The molecule has 1 aromatic carbocycles. The molecule has 0 unspecified atom stereocenters. The number of benzene rings is 1. The number of amides is 2. The van der Waals surface area contributed by atoms with E-state index >= 15 is 0 Å². The van der Waals surface area contributed by atoms with Gasteiger partial charge in [-0.1, -0.05) is 31.4 Å². The molecule has 2 rings (SSSR count). The van der Waals surface area contributed by atoms with Crippen LogP contribution < -0.4 is 10.6 Å². The summed E-state index contributed by atoms with van der Waals surface area (Å²) >= 11 is 0. The second-order valence-corrected chi connectivity index (χ2v) is 5.78. The lowest BCUT2D eigenvalue weighted by atomic mass is 9.95. The van der Waals surface area contributed by atoms with Crippen LogP contribution in [0, 0.1) is 11.3 Å². The number of anilines is 1. The van der Waals surface area contributed by atoms with Crippen LogP contribution in [-0.4, -0.2) is 17.9 Å². The summed E-state index contributed by atoms with van der Waals surface area (Å²) in [4.78, 5) is 23.2. The molecule has 1 aliphatic rings. The first-order chi connectivity index (χ1) is 11.1. The lowest BCUT2D eigenvalue weighted by Crippen LogP contribution is -2.36. The van der Waals surface area contributed by atoms with Crippen molar-refractivity contribution in [2.24, 2.45) is 0 Å². The number of nitrogens with zero attached hydrogens (tertiary/aromatic N) is 1. The SMILES string of the molecule is CC(=O)Nc1ccc(C=C(C#N)C(=O)NC2CCCCC2)cc1. The van der Waals surface area contributed by atoms with Gasteiger partial charge in [0.25, 0.3) is 5.91 Å². The molecule has 0 atom stereocenters. The monoisotopic (exact) mass is 311 g/mol. The zero-order chi connectivity index (χ0) is 16.7. The molecule has 0 radical (unpaired) electrons. The summed E-state index contributed by atoms with van der Waals surface area (Å²) in [5, 5.41) is 14.8. The smallest absolute Gasteiger partial charge is 0.262 e. The number of carbonyl (C=O) groups is 2. The molecule has 0 heterocycles. The summed E-state index contributed by atoms with van der Waals surface area (Å²) in [7, 11) is 0. The van der Waals surface area contributed by atoms with E-state index in [9.17, 15) is 14.9 Å². The van der Waals surface area contributed by atoms with Crippen molar-refractivity contribution in [1.82, 2.24) is 5.32 Å². The molecule has 5 heteroatoms. The fourth-order valence-corrected chi connectivity index (χ4v) is 2.69. The normalized spacial score (nSPS) is 15.6. The summed E-state index contributed by atoms with van der Waals surface area (Å²) in [6.07, 6.45) is 7.00. The Hall–Kier alpha value is -2.61. The highest BCUT2D eigenvalue weighted by atomic mass is 16.2. The van der Waals surface area contributed by atoms with Gasteiger partial charge in [-0.25, -0.2) is 0 Å². The zero-order valence-electron chi connectivity index (χ0n) is 13.3. The Morgan fingerprint density at radius 1 is 1.17 bits per heavy atom. The molecule has 2 amide bonds. The Bertz CT molecular complexity index is 635. The number of rotatable bonds is 4. The standard InChI is InChI=1S/C18H21N3O2/c1-13(22)20-17-9-7-14(8-10-17)11-15(12-19)18(23)21-16-5-3-2-4-6-16/h7-11,16H,2-6H2,1H3,(H,20,22)(H,21,23). The Labute approximate surface area is 136 Å². The molecule has 1 aliphatic carbocycles. The lowest BCUT2D eigenvalue weighted by molar-refractivity contribution is -0.118. The largest absolute Gasteiger partial charge is 0.349 e. The van der Waals surface area contributed by atoms with Gasteiger partial charge in [-0.3, -0.25) is 9.59 Å². The highest BCUT2D eigenvalue weighted by molar-refractivity contribution is 6.01. The van der Waals surface area contributed by atoms with Crippen LogP contribution in [0.4, 0.5) is 5.69 Å². The van der Waals surface area contributed by atoms with E-state index in [-0.39, 0.29) is 23.4 Å². The van der Waals surface area contributed by atoms with E-state index in [0.29, 0.717) is 5.69 Å². The predicted octanol–water partition coefficient (Wildman–Crippen LogP) is 3.00. The molecule has 0 aromatic heterocycles. The first-order valence-electron chi connectivity index (χ1n) is 7.89. The van der Waals surface area contributed by atoms with Gasteiger partial charge in [-0.2, -0.15) is 5.26 Å². The summed E-state index contributed by atoms with van der Waals surface area (Å²) in [6, 6.07) is 9.14. The van der Waals surface area contributed by atoms with Crippen LogP contribution in [0.1, 0.15) is 44.6 Å². The van der Waals surface area contributed by atoms with Crippen LogP contribution in [0.5, 0.6) is 0 Å². The quantitative estimate of drug-likeness (QED) is 0.662. The van der Waals surface area contributed by atoms with Gasteiger partial charge < -0.3 is 10.6 Å². The molecule has 0 saturated heterocycles. The average molecular weight is 311 g/mol. The number of hydrogen-bond acceptors (Lipinski definition) is 3. The van der Waals surface area contributed by atoms with E-state index in [1.54, 1.807) is 30.3 Å². The minimum absolute atomic E-state index is 0.0999. The van der Waals surface area contributed by atoms with Crippen molar-refractivity contribution in [2.45, 2.75) is 45.1 Å². The van der Waals surface area contributed by atoms with Gasteiger partial charge in [-0.15, -0.1) is 0 Å². The highest BCUT2D eigenvalue weighted by Gasteiger charge is 2.17. The van der Waals surface area contributed by atoms with Gasteiger partial charge in [0, 0.05) is 18.7 Å². The molecule has 2 N–H and O–H groups in total. The number of nitrogens with one attached hydrogen (secondary N) is 2. The fraction of sp³-hybridized carbons (Fsp3) is 0.389. The lowest BCUT2D eigenvalue weighted by Gasteiger charge is -2.22. The maximum atomic E-state index is 12.2. The van der Waals surface area contributed by atoms with E-state index in [4.69, 9.17) is 0 Å². The van der Waals surface area contributed by atoms with Crippen molar-refractivity contribution in [3.63, 3.8) is 0 Å².